The second kappa shape index (κ2) is 10.6. The molecule has 1 aromatic heterocycles. The Morgan fingerprint density at radius 2 is 2.03 bits per heavy atom. The summed E-state index contributed by atoms with van der Waals surface area (Å²) in [5, 5.41) is 0. The van der Waals surface area contributed by atoms with Crippen LogP contribution in [0.3, 0.4) is 0 Å². The van der Waals surface area contributed by atoms with Crippen LogP contribution in [0.2, 0.25) is 0 Å². The fourth-order valence-corrected chi connectivity index (χ4v) is 3.71. The van der Waals surface area contributed by atoms with Crippen LogP contribution in [0, 0.1) is 5.82 Å². The predicted octanol–water partition coefficient (Wildman–Crippen LogP) is 5.29. The monoisotopic (exact) mass is 476 g/mol. The third kappa shape index (κ3) is 5.67. The number of likely N-dealkylation sites (tertiary alicyclic amines) is 1. The van der Waals surface area contributed by atoms with Gasteiger partial charge in [0.25, 0.3) is 5.91 Å². The summed E-state index contributed by atoms with van der Waals surface area (Å²) in [5.41, 5.74) is -0.460. The molecular formula is C24H24F4N4O2. The molecule has 0 radical (unpaired) electrons. The van der Waals surface area contributed by atoms with Gasteiger partial charge in [0, 0.05) is 30.6 Å². The number of amidine groups is 1. The normalized spacial score (nSPS) is 19.4. The van der Waals surface area contributed by atoms with Gasteiger partial charge < -0.3 is 9.64 Å². The predicted molar refractivity (Wildman–Crippen MR) is 121 cm³/mol. The van der Waals surface area contributed by atoms with Crippen molar-refractivity contribution in [2.24, 2.45) is 9.98 Å². The van der Waals surface area contributed by atoms with Crippen LogP contribution in [0.25, 0.3) is 0 Å². The first kappa shape index (κ1) is 25.1. The van der Waals surface area contributed by atoms with Crippen molar-refractivity contribution in [1.29, 1.82) is 0 Å². The van der Waals surface area contributed by atoms with E-state index in [0.717, 1.165) is 12.1 Å². The van der Waals surface area contributed by atoms with E-state index >= 15 is 0 Å². The summed E-state index contributed by atoms with van der Waals surface area (Å²) < 4.78 is 58.2. The molecule has 1 amide bonds. The Morgan fingerprint density at radius 1 is 1.26 bits per heavy atom. The highest BCUT2D eigenvalue weighted by atomic mass is 19.4. The molecule has 0 spiro atoms. The number of aromatic nitrogens is 1. The lowest BCUT2D eigenvalue weighted by atomic mass is 9.97. The van der Waals surface area contributed by atoms with E-state index in [1.165, 1.54) is 24.4 Å². The average molecular weight is 476 g/mol. The smallest absolute Gasteiger partial charge is 0.417 e. The lowest BCUT2D eigenvalue weighted by molar-refractivity contribution is -0.137. The van der Waals surface area contributed by atoms with Crippen LogP contribution in [0.4, 0.5) is 17.6 Å². The van der Waals surface area contributed by atoms with E-state index in [2.05, 4.69) is 21.7 Å². The van der Waals surface area contributed by atoms with Crippen molar-refractivity contribution in [3.05, 3.63) is 71.3 Å². The number of alkyl halides is 3. The number of hydrogen-bond acceptors (Lipinski definition) is 4. The molecule has 2 aromatic rings. The van der Waals surface area contributed by atoms with Crippen molar-refractivity contribution in [2.75, 3.05) is 6.54 Å². The van der Waals surface area contributed by atoms with Gasteiger partial charge >= 0.3 is 6.18 Å². The summed E-state index contributed by atoms with van der Waals surface area (Å²) in [7, 11) is 0. The van der Waals surface area contributed by atoms with Gasteiger partial charge in [-0.3, -0.25) is 4.79 Å². The molecule has 1 aliphatic heterocycles. The van der Waals surface area contributed by atoms with Crippen molar-refractivity contribution in [3.63, 3.8) is 0 Å². The Kier molecular flexibility index (Phi) is 7.80. The number of rotatable bonds is 5. The molecule has 34 heavy (non-hydrogen) atoms. The molecule has 2 heterocycles. The lowest BCUT2D eigenvalue weighted by Gasteiger charge is -2.39. The van der Waals surface area contributed by atoms with E-state index in [1.807, 2.05) is 0 Å². The van der Waals surface area contributed by atoms with Crippen LogP contribution in [0.5, 0.6) is 5.88 Å². The van der Waals surface area contributed by atoms with Gasteiger partial charge in [0.15, 0.2) is 5.84 Å². The van der Waals surface area contributed by atoms with Gasteiger partial charge in [0.05, 0.1) is 17.2 Å². The van der Waals surface area contributed by atoms with Gasteiger partial charge in [-0.2, -0.15) is 13.2 Å². The van der Waals surface area contributed by atoms with Crippen LogP contribution in [-0.4, -0.2) is 47.0 Å². The zero-order valence-electron chi connectivity index (χ0n) is 18.7. The molecule has 0 aliphatic carbocycles. The van der Waals surface area contributed by atoms with Crippen molar-refractivity contribution < 1.29 is 27.1 Å². The summed E-state index contributed by atoms with van der Waals surface area (Å²) in [4.78, 5) is 26.8. The lowest BCUT2D eigenvalue weighted by Crippen LogP contribution is -2.51. The van der Waals surface area contributed by atoms with Crippen molar-refractivity contribution in [1.82, 2.24) is 9.88 Å². The minimum atomic E-state index is -4.49. The summed E-state index contributed by atoms with van der Waals surface area (Å²) in [6.07, 6.45) is 0.0614. The van der Waals surface area contributed by atoms with Gasteiger partial charge in [-0.15, -0.1) is 0 Å². The van der Waals surface area contributed by atoms with Crippen molar-refractivity contribution >= 4 is 18.5 Å². The fraction of sp³-hybridized carbons (Fsp3) is 0.333. The quantitative estimate of drug-likeness (QED) is 0.335. The Balaban J connectivity index is 1.84. The number of benzene rings is 1. The molecule has 0 saturated carbocycles. The Hall–Kier alpha value is -3.56. The van der Waals surface area contributed by atoms with Gasteiger partial charge in [-0.05, 0) is 57.7 Å². The number of aliphatic imine (C=N–C) groups is 2. The molecule has 1 saturated heterocycles. The van der Waals surface area contributed by atoms with Gasteiger partial charge in [-0.25, -0.2) is 19.4 Å². The molecule has 1 aromatic carbocycles. The minimum absolute atomic E-state index is 0.0400. The maximum atomic E-state index is 14.0. The third-order valence-electron chi connectivity index (χ3n) is 5.46. The van der Waals surface area contributed by atoms with E-state index in [-0.39, 0.29) is 28.7 Å². The SMILES string of the molecule is C=NC(=N/C=C\C)c1cc(F)ccc1C(=O)N1CCC[C@@H](Oc2ccc(C(F)(F)F)cn2)[C@@H]1C. The Bertz CT molecular complexity index is 1100. The minimum Gasteiger partial charge on any atom is -0.472 e. The maximum absolute atomic E-state index is 14.0. The number of halogens is 4. The van der Waals surface area contributed by atoms with Crippen LogP contribution in [0.1, 0.15) is 48.2 Å². The standard InChI is InChI=1S/C24H24F4N4O2/c1-4-11-30-22(29-3)19-13-17(25)8-9-18(19)23(33)32-12-5-6-20(15(32)2)34-21-10-7-16(14-31-21)24(26,27)28/h4,7-11,13-15,20H,3,5-6,12H2,1-2H3/b11-4-,30-22?/t15-,20+/m0/s1. The third-order valence-corrected chi connectivity index (χ3v) is 5.46. The first-order valence-corrected chi connectivity index (χ1v) is 10.6. The van der Waals surface area contributed by atoms with Crippen LogP contribution in [-0.2, 0) is 6.18 Å². The molecule has 3 rings (SSSR count). The molecule has 1 aliphatic rings. The molecule has 0 N–H and O–H groups in total. The number of pyridine rings is 1. The summed E-state index contributed by atoms with van der Waals surface area (Å²) >= 11 is 0. The van der Waals surface area contributed by atoms with E-state index in [4.69, 9.17) is 4.74 Å². The van der Waals surface area contributed by atoms with Gasteiger partial charge in [-0.1, -0.05) is 6.08 Å². The van der Waals surface area contributed by atoms with E-state index in [0.29, 0.717) is 25.6 Å². The van der Waals surface area contributed by atoms with E-state index in [9.17, 15) is 22.4 Å². The Morgan fingerprint density at radius 3 is 2.65 bits per heavy atom. The number of amides is 1. The average Bonchev–Trinajstić information content (AvgIpc) is 2.80. The number of allylic oxidation sites excluding steroid dienone is 1. The Labute approximate surface area is 194 Å². The molecule has 6 nitrogen and oxygen atoms in total. The van der Waals surface area contributed by atoms with Crippen molar-refractivity contribution in [2.45, 2.75) is 45.0 Å². The first-order valence-electron chi connectivity index (χ1n) is 10.6. The van der Waals surface area contributed by atoms with E-state index < -0.39 is 29.7 Å². The van der Waals surface area contributed by atoms with Gasteiger partial charge in [0.1, 0.15) is 11.9 Å². The molecule has 1 fully saturated rings. The topological polar surface area (TPSA) is 67.2 Å². The number of hydrogen-bond donors (Lipinski definition) is 0. The number of carbonyl (C=O) groups excluding carboxylic acids is 1. The van der Waals surface area contributed by atoms with Crippen molar-refractivity contribution in [3.8, 4) is 5.88 Å². The molecule has 10 heteroatoms. The summed E-state index contributed by atoms with van der Waals surface area (Å²) in [6.45, 7) is 7.44. The summed E-state index contributed by atoms with van der Waals surface area (Å²) in [5.74, 6) is -0.775. The molecule has 0 bridgehead atoms. The number of nitrogens with zero attached hydrogens (tertiary/aromatic N) is 4. The van der Waals surface area contributed by atoms with Gasteiger partial charge in [0.2, 0.25) is 5.88 Å². The molecule has 0 unspecified atom stereocenters. The second-order valence-corrected chi connectivity index (χ2v) is 7.70. The number of piperidine rings is 1. The molecular weight excluding hydrogens is 452 g/mol. The highest BCUT2D eigenvalue weighted by Crippen LogP contribution is 2.30. The zero-order valence-corrected chi connectivity index (χ0v) is 18.7. The second-order valence-electron chi connectivity index (χ2n) is 7.70. The number of carbonyl (C=O) groups is 1. The molecule has 180 valence electrons. The van der Waals surface area contributed by atoms with E-state index in [1.54, 1.807) is 24.8 Å². The van der Waals surface area contributed by atoms with Crippen LogP contribution < -0.4 is 4.74 Å². The first-order chi connectivity index (χ1) is 16.2. The fourth-order valence-electron chi connectivity index (χ4n) is 3.71. The largest absolute Gasteiger partial charge is 0.472 e. The molecule has 2 atom stereocenters. The van der Waals surface area contributed by atoms with Crippen LogP contribution in [0.15, 0.2) is 58.8 Å². The zero-order chi connectivity index (χ0) is 24.9. The highest BCUT2D eigenvalue weighted by Gasteiger charge is 2.35. The maximum Gasteiger partial charge on any atom is 0.417 e. The summed E-state index contributed by atoms with van der Waals surface area (Å²) in [6, 6.07) is 5.38. The van der Waals surface area contributed by atoms with Crippen LogP contribution >= 0.6 is 0 Å². The highest BCUT2D eigenvalue weighted by molar-refractivity contribution is 6.11. The number of ether oxygens (including phenoxy) is 1.